The van der Waals surface area contributed by atoms with Crippen LogP contribution < -0.4 is 9.30 Å². The fourth-order valence-electron chi connectivity index (χ4n) is 3.47. The van der Waals surface area contributed by atoms with Crippen molar-refractivity contribution in [2.75, 3.05) is 0 Å². The number of hydrogen-bond acceptors (Lipinski definition) is 7. The molecule has 8 nitrogen and oxygen atoms in total. The summed E-state index contributed by atoms with van der Waals surface area (Å²) in [6.07, 6.45) is 1.85. The number of aromatic nitrogens is 1. The van der Waals surface area contributed by atoms with Crippen molar-refractivity contribution in [3.63, 3.8) is 0 Å². The molecule has 0 amide bonds. The molecule has 162 valence electrons. The number of pyridine rings is 1. The molecular weight excluding hydrogens is 517 g/mol. The van der Waals surface area contributed by atoms with Crippen molar-refractivity contribution < 1.29 is 39.3 Å². The molecule has 1 unspecified atom stereocenters. The summed E-state index contributed by atoms with van der Waals surface area (Å²) in [4.78, 5) is 12.7. The van der Waals surface area contributed by atoms with Crippen LogP contribution in [0.1, 0.15) is 27.6 Å². The fraction of sp³-hybridized carbons (Fsp3) is 0.182. The molecule has 1 aromatic heterocycles. The molecule has 0 fully saturated rings. The molecule has 2 atom stereocenters. The van der Waals surface area contributed by atoms with Gasteiger partial charge in [0, 0.05) is 35.7 Å². The summed E-state index contributed by atoms with van der Waals surface area (Å²) in [5.41, 5.74) is 1.19. The Kier molecular flexibility index (Phi) is 6.44. The minimum Gasteiger partial charge on any atom is -0.508 e. The Morgan fingerprint density at radius 3 is 2.55 bits per heavy atom. The average molecular weight is 538 g/mol. The second-order valence-corrected chi connectivity index (χ2v) is 7.13. The molecule has 0 saturated carbocycles. The van der Waals surface area contributed by atoms with Crippen molar-refractivity contribution in [2.24, 2.45) is 7.05 Å². The van der Waals surface area contributed by atoms with E-state index in [1.54, 1.807) is 36.1 Å². The third-order valence-corrected chi connectivity index (χ3v) is 4.93. The molecule has 0 radical (unpaired) electrons. The third kappa shape index (κ3) is 4.61. The molecular formula is C22H21INO7+. The smallest absolute Gasteiger partial charge is 0.344 e. The van der Waals surface area contributed by atoms with Gasteiger partial charge < -0.3 is 29.9 Å². The highest BCUT2D eigenvalue weighted by molar-refractivity contribution is 14.0. The van der Waals surface area contributed by atoms with Gasteiger partial charge in [-0.05, 0) is 18.2 Å². The van der Waals surface area contributed by atoms with E-state index in [0.29, 0.717) is 16.7 Å². The Morgan fingerprint density at radius 2 is 1.84 bits per heavy atom. The summed E-state index contributed by atoms with van der Waals surface area (Å²) in [5.74, 6) is -1.33. The van der Waals surface area contributed by atoms with Crippen LogP contribution in [-0.2, 0) is 18.2 Å². The highest BCUT2D eigenvalue weighted by atomic mass is 127. The van der Waals surface area contributed by atoms with Gasteiger partial charge in [-0.15, -0.1) is 24.0 Å². The van der Waals surface area contributed by atoms with Crippen molar-refractivity contribution in [3.05, 3.63) is 71.5 Å². The quantitative estimate of drug-likeness (QED) is 0.175. The normalized spacial score (nSPS) is 17.1. The Bertz CT molecular complexity index is 1130. The first-order chi connectivity index (χ1) is 14.3. The number of ether oxygens (including phenoxy) is 2. The van der Waals surface area contributed by atoms with E-state index < -0.39 is 18.2 Å². The standard InChI is InChI=1S/C22H19NO7.HI/c1-23-6-2-3-13(11-23)22(28)30-20-10-15-17(26)8-14(24)9-19(15)29-21(20)12-4-5-16(25)18(27)7-12;/h2-9,11,20-21H,10H2,1H3,(H3-,24,25,26,27);1H/p+1/t20-,21?;/m1./s1. The minimum atomic E-state index is -0.841. The number of aromatic hydroxyl groups is 4. The number of aryl methyl sites for hydroxylation is 1. The number of fused-ring (bicyclic) bond motifs is 1. The van der Waals surface area contributed by atoms with Crippen LogP contribution in [0.2, 0.25) is 0 Å². The zero-order valence-corrected chi connectivity index (χ0v) is 18.8. The number of rotatable bonds is 3. The molecule has 31 heavy (non-hydrogen) atoms. The summed E-state index contributed by atoms with van der Waals surface area (Å²) >= 11 is 0. The van der Waals surface area contributed by atoms with Gasteiger partial charge in [-0.25, -0.2) is 9.36 Å². The Labute approximate surface area is 195 Å². The summed E-state index contributed by atoms with van der Waals surface area (Å²) in [6.45, 7) is 0. The maximum Gasteiger partial charge on any atom is 0.344 e. The van der Waals surface area contributed by atoms with Crippen LogP contribution in [0.4, 0.5) is 0 Å². The van der Waals surface area contributed by atoms with E-state index in [4.69, 9.17) is 9.47 Å². The molecule has 0 bridgehead atoms. The van der Waals surface area contributed by atoms with E-state index in [2.05, 4.69) is 0 Å². The van der Waals surface area contributed by atoms with Crippen molar-refractivity contribution in [1.82, 2.24) is 0 Å². The lowest BCUT2D eigenvalue weighted by molar-refractivity contribution is -0.671. The van der Waals surface area contributed by atoms with E-state index >= 15 is 0 Å². The molecule has 4 rings (SSSR count). The Balaban J connectivity index is 0.00000272. The van der Waals surface area contributed by atoms with Gasteiger partial charge in [-0.2, -0.15) is 0 Å². The van der Waals surface area contributed by atoms with Crippen LogP contribution in [0.25, 0.3) is 0 Å². The Morgan fingerprint density at radius 1 is 1.06 bits per heavy atom. The second-order valence-electron chi connectivity index (χ2n) is 7.13. The van der Waals surface area contributed by atoms with Gasteiger partial charge in [-0.3, -0.25) is 0 Å². The van der Waals surface area contributed by atoms with Crippen molar-refractivity contribution in [2.45, 2.75) is 18.6 Å². The first-order valence-electron chi connectivity index (χ1n) is 9.21. The SMILES string of the molecule is C[n+]1cccc(C(=O)O[C@@H]2Cc3c(O)cc(O)cc3OC2c2ccc(O)c(O)c2)c1.I. The van der Waals surface area contributed by atoms with Gasteiger partial charge in [0.05, 0.1) is 0 Å². The van der Waals surface area contributed by atoms with Crippen LogP contribution >= 0.6 is 24.0 Å². The summed E-state index contributed by atoms with van der Waals surface area (Å²) < 4.78 is 13.4. The van der Waals surface area contributed by atoms with Gasteiger partial charge >= 0.3 is 5.97 Å². The molecule has 0 saturated heterocycles. The predicted molar refractivity (Wildman–Crippen MR) is 119 cm³/mol. The van der Waals surface area contributed by atoms with E-state index in [0.717, 1.165) is 0 Å². The third-order valence-electron chi connectivity index (χ3n) is 4.93. The number of phenols is 4. The van der Waals surface area contributed by atoms with Crippen LogP contribution in [0.5, 0.6) is 28.7 Å². The number of carbonyl (C=O) groups is 1. The summed E-state index contributed by atoms with van der Waals surface area (Å²) in [7, 11) is 1.78. The molecule has 1 aliphatic rings. The van der Waals surface area contributed by atoms with Crippen LogP contribution in [-0.4, -0.2) is 32.5 Å². The van der Waals surface area contributed by atoms with Crippen LogP contribution in [0.15, 0.2) is 54.9 Å². The van der Waals surface area contributed by atoms with E-state index in [-0.39, 0.29) is 59.1 Å². The van der Waals surface area contributed by atoms with Gasteiger partial charge in [-0.1, -0.05) is 6.07 Å². The molecule has 0 aliphatic carbocycles. The lowest BCUT2D eigenvalue weighted by atomic mass is 9.93. The molecule has 1 aliphatic heterocycles. The number of halogens is 1. The molecule has 2 aromatic carbocycles. The van der Waals surface area contributed by atoms with Crippen molar-refractivity contribution in [1.29, 1.82) is 0 Å². The van der Waals surface area contributed by atoms with E-state index in [9.17, 15) is 25.2 Å². The Hall–Kier alpha value is -3.21. The average Bonchev–Trinajstić information content (AvgIpc) is 2.70. The molecule has 4 N–H and O–H groups in total. The topological polar surface area (TPSA) is 120 Å². The summed E-state index contributed by atoms with van der Waals surface area (Å²) in [6, 6.07) is 10.0. The van der Waals surface area contributed by atoms with Gasteiger partial charge in [0.25, 0.3) is 0 Å². The largest absolute Gasteiger partial charge is 0.508 e. The van der Waals surface area contributed by atoms with Gasteiger partial charge in [0.2, 0.25) is 0 Å². The highest BCUT2D eigenvalue weighted by Gasteiger charge is 2.37. The lowest BCUT2D eigenvalue weighted by Crippen LogP contribution is -2.35. The summed E-state index contributed by atoms with van der Waals surface area (Å²) in [5, 5.41) is 39.5. The predicted octanol–water partition coefficient (Wildman–Crippen LogP) is 2.85. The maximum atomic E-state index is 12.7. The minimum absolute atomic E-state index is 0. The van der Waals surface area contributed by atoms with Crippen molar-refractivity contribution >= 4 is 29.9 Å². The number of phenolic OH excluding ortho intramolecular Hbond substituents is 4. The number of esters is 1. The zero-order valence-electron chi connectivity index (χ0n) is 16.4. The number of benzene rings is 2. The first-order valence-corrected chi connectivity index (χ1v) is 9.21. The zero-order chi connectivity index (χ0) is 21.4. The van der Waals surface area contributed by atoms with Crippen LogP contribution in [0.3, 0.4) is 0 Å². The van der Waals surface area contributed by atoms with E-state index in [1.165, 1.54) is 30.3 Å². The molecule has 0 spiro atoms. The number of carbonyl (C=O) groups excluding carboxylic acids is 1. The molecule has 3 aromatic rings. The van der Waals surface area contributed by atoms with Crippen molar-refractivity contribution in [3.8, 4) is 28.7 Å². The molecule has 2 heterocycles. The maximum absolute atomic E-state index is 12.7. The highest BCUT2D eigenvalue weighted by Crippen LogP contribution is 2.43. The molecule has 9 heteroatoms. The lowest BCUT2D eigenvalue weighted by Gasteiger charge is -2.33. The number of nitrogens with zero attached hydrogens (tertiary/aromatic N) is 1. The van der Waals surface area contributed by atoms with Gasteiger partial charge in [0.1, 0.15) is 36.0 Å². The fourth-order valence-corrected chi connectivity index (χ4v) is 3.47. The number of hydrogen-bond donors (Lipinski definition) is 4. The monoisotopic (exact) mass is 538 g/mol. The first kappa shape index (κ1) is 22.5. The van der Waals surface area contributed by atoms with E-state index in [1.807, 2.05) is 0 Å². The second kappa shape index (κ2) is 8.88. The van der Waals surface area contributed by atoms with Crippen LogP contribution in [0, 0.1) is 0 Å². The van der Waals surface area contributed by atoms with Gasteiger partial charge in [0.15, 0.2) is 30.0 Å².